The molecule has 0 aromatic heterocycles. The summed E-state index contributed by atoms with van der Waals surface area (Å²) in [5, 5.41) is 0. The number of rotatable bonds is 3. The van der Waals surface area contributed by atoms with Crippen molar-refractivity contribution in [1.82, 2.24) is 4.90 Å². The molecule has 3 heteroatoms. The van der Waals surface area contributed by atoms with Gasteiger partial charge in [0.1, 0.15) is 5.82 Å². The summed E-state index contributed by atoms with van der Waals surface area (Å²) in [5.74, 6) is 0.348. The fourth-order valence-electron chi connectivity index (χ4n) is 4.29. The van der Waals surface area contributed by atoms with Gasteiger partial charge in [0.15, 0.2) is 0 Å². The summed E-state index contributed by atoms with van der Waals surface area (Å²) in [6.45, 7) is 3.64. The maximum Gasteiger partial charge on any atom is 0.123 e. The van der Waals surface area contributed by atoms with E-state index in [4.69, 9.17) is 4.74 Å². The lowest BCUT2D eigenvalue weighted by Crippen LogP contribution is -2.47. The smallest absolute Gasteiger partial charge is 0.123 e. The molecule has 0 N–H and O–H groups in total. The summed E-state index contributed by atoms with van der Waals surface area (Å²) in [6.07, 6.45) is 3.38. The minimum absolute atomic E-state index is 0.0217. The molecule has 2 aromatic rings. The molecule has 0 radical (unpaired) electrons. The van der Waals surface area contributed by atoms with Crippen LogP contribution in [0.3, 0.4) is 0 Å². The Hall–Kier alpha value is -1.71. The highest BCUT2D eigenvalue weighted by atomic mass is 19.1. The molecular formula is C21H24FNO. The minimum atomic E-state index is -0.152. The number of hydrogen-bond acceptors (Lipinski definition) is 2. The molecule has 126 valence electrons. The van der Waals surface area contributed by atoms with E-state index in [0.29, 0.717) is 5.92 Å². The van der Waals surface area contributed by atoms with Crippen LogP contribution >= 0.6 is 0 Å². The van der Waals surface area contributed by atoms with Gasteiger partial charge in [0.05, 0.1) is 12.2 Å². The predicted molar refractivity (Wildman–Crippen MR) is 93.4 cm³/mol. The minimum Gasteiger partial charge on any atom is -0.373 e. The van der Waals surface area contributed by atoms with E-state index in [2.05, 4.69) is 35.2 Å². The number of piperidine rings is 1. The van der Waals surface area contributed by atoms with E-state index < -0.39 is 0 Å². The first-order chi connectivity index (χ1) is 11.7. The molecule has 2 aliphatic heterocycles. The molecule has 2 saturated heterocycles. The van der Waals surface area contributed by atoms with E-state index in [-0.39, 0.29) is 11.4 Å². The van der Waals surface area contributed by atoms with Crippen LogP contribution in [0.15, 0.2) is 54.6 Å². The fraction of sp³-hybridized carbons (Fsp3) is 0.429. The van der Waals surface area contributed by atoms with Gasteiger partial charge in [0.2, 0.25) is 0 Å². The second-order valence-corrected chi connectivity index (χ2v) is 7.25. The van der Waals surface area contributed by atoms with Crippen LogP contribution in [0.4, 0.5) is 4.39 Å². The van der Waals surface area contributed by atoms with E-state index in [9.17, 15) is 4.39 Å². The highest BCUT2D eigenvalue weighted by Gasteiger charge is 2.43. The largest absolute Gasteiger partial charge is 0.373 e. The van der Waals surface area contributed by atoms with Gasteiger partial charge in [-0.05, 0) is 49.1 Å². The van der Waals surface area contributed by atoms with Gasteiger partial charge in [-0.25, -0.2) is 4.39 Å². The molecule has 2 heterocycles. The van der Waals surface area contributed by atoms with Crippen molar-refractivity contribution in [3.05, 3.63) is 71.5 Å². The van der Waals surface area contributed by atoms with Gasteiger partial charge in [-0.3, -0.25) is 4.90 Å². The highest BCUT2D eigenvalue weighted by Crippen LogP contribution is 2.41. The molecule has 1 spiro atoms. The maximum absolute atomic E-state index is 13.4. The molecule has 2 fully saturated rings. The zero-order valence-corrected chi connectivity index (χ0v) is 14.0. The van der Waals surface area contributed by atoms with Crippen LogP contribution in [-0.2, 0) is 11.3 Å². The summed E-state index contributed by atoms with van der Waals surface area (Å²) >= 11 is 0. The second kappa shape index (κ2) is 6.66. The topological polar surface area (TPSA) is 12.5 Å². The van der Waals surface area contributed by atoms with E-state index in [1.165, 1.54) is 11.6 Å². The Kier molecular flexibility index (Phi) is 4.38. The Morgan fingerprint density at radius 2 is 2.00 bits per heavy atom. The second-order valence-electron chi connectivity index (χ2n) is 7.25. The van der Waals surface area contributed by atoms with E-state index >= 15 is 0 Å². The first-order valence-corrected chi connectivity index (χ1v) is 8.88. The molecule has 4 rings (SSSR count). The molecule has 0 amide bonds. The molecule has 2 aliphatic rings. The van der Waals surface area contributed by atoms with Crippen molar-refractivity contribution in [2.24, 2.45) is 0 Å². The third-order valence-electron chi connectivity index (χ3n) is 5.39. The predicted octanol–water partition coefficient (Wildman–Crippen LogP) is 4.36. The van der Waals surface area contributed by atoms with Crippen LogP contribution in [0.2, 0.25) is 0 Å². The average Bonchev–Trinajstić information content (AvgIpc) is 2.99. The number of halogens is 1. The van der Waals surface area contributed by atoms with Crippen molar-refractivity contribution in [1.29, 1.82) is 0 Å². The first kappa shape index (κ1) is 15.8. The van der Waals surface area contributed by atoms with Gasteiger partial charge in [0, 0.05) is 19.0 Å². The molecule has 0 aliphatic carbocycles. The van der Waals surface area contributed by atoms with Crippen LogP contribution in [0, 0.1) is 5.82 Å². The van der Waals surface area contributed by atoms with Crippen molar-refractivity contribution in [2.75, 3.05) is 19.7 Å². The number of nitrogens with zero attached hydrogens (tertiary/aromatic N) is 1. The van der Waals surface area contributed by atoms with Crippen molar-refractivity contribution < 1.29 is 9.13 Å². The zero-order valence-electron chi connectivity index (χ0n) is 14.0. The Balaban J connectivity index is 1.43. The van der Waals surface area contributed by atoms with Gasteiger partial charge < -0.3 is 4.74 Å². The summed E-state index contributed by atoms with van der Waals surface area (Å²) in [7, 11) is 0. The van der Waals surface area contributed by atoms with Crippen LogP contribution < -0.4 is 0 Å². The van der Waals surface area contributed by atoms with Crippen LogP contribution in [0.5, 0.6) is 0 Å². The molecule has 2 nitrogen and oxygen atoms in total. The lowest BCUT2D eigenvalue weighted by atomic mass is 9.84. The number of likely N-dealkylation sites (tertiary alicyclic amines) is 1. The number of hydrogen-bond donors (Lipinski definition) is 0. The van der Waals surface area contributed by atoms with Crippen molar-refractivity contribution >= 4 is 0 Å². The molecule has 0 unspecified atom stereocenters. The van der Waals surface area contributed by atoms with Gasteiger partial charge in [0.25, 0.3) is 0 Å². The Morgan fingerprint density at radius 3 is 2.83 bits per heavy atom. The monoisotopic (exact) mass is 325 g/mol. The van der Waals surface area contributed by atoms with Crippen LogP contribution in [0.1, 0.15) is 36.3 Å². The SMILES string of the molecule is Fc1cccc(CN2CCC[C@@]3(C[C@@H](c4ccccc4)CO3)C2)c1. The summed E-state index contributed by atoms with van der Waals surface area (Å²) in [6, 6.07) is 17.6. The van der Waals surface area contributed by atoms with Crippen LogP contribution in [-0.4, -0.2) is 30.2 Å². The Morgan fingerprint density at radius 1 is 1.12 bits per heavy atom. The molecule has 2 aromatic carbocycles. The third-order valence-corrected chi connectivity index (χ3v) is 5.39. The Bertz CT molecular complexity index is 689. The van der Waals surface area contributed by atoms with Gasteiger partial charge >= 0.3 is 0 Å². The molecule has 2 atom stereocenters. The van der Waals surface area contributed by atoms with Crippen molar-refractivity contribution in [3.63, 3.8) is 0 Å². The first-order valence-electron chi connectivity index (χ1n) is 8.88. The number of benzene rings is 2. The lowest BCUT2D eigenvalue weighted by molar-refractivity contribution is -0.0533. The van der Waals surface area contributed by atoms with Gasteiger partial charge in [-0.1, -0.05) is 42.5 Å². The standard InChI is InChI=1S/C21H24FNO/c22-20-9-4-6-17(12-20)14-23-11-5-10-21(16-23)13-19(15-24-21)18-7-2-1-3-8-18/h1-4,6-9,12,19H,5,10-11,13-16H2/t19-,21-/m1/s1. The average molecular weight is 325 g/mol. The molecular weight excluding hydrogens is 301 g/mol. The van der Waals surface area contributed by atoms with E-state index in [0.717, 1.165) is 51.1 Å². The third kappa shape index (κ3) is 3.38. The Labute approximate surface area is 143 Å². The van der Waals surface area contributed by atoms with E-state index in [1.807, 2.05) is 6.07 Å². The van der Waals surface area contributed by atoms with Gasteiger partial charge in [-0.15, -0.1) is 0 Å². The lowest BCUT2D eigenvalue weighted by Gasteiger charge is -2.40. The van der Waals surface area contributed by atoms with E-state index in [1.54, 1.807) is 12.1 Å². The van der Waals surface area contributed by atoms with Gasteiger partial charge in [-0.2, -0.15) is 0 Å². The maximum atomic E-state index is 13.4. The fourth-order valence-corrected chi connectivity index (χ4v) is 4.29. The van der Waals surface area contributed by atoms with Crippen molar-refractivity contribution in [3.8, 4) is 0 Å². The van der Waals surface area contributed by atoms with Crippen molar-refractivity contribution in [2.45, 2.75) is 37.3 Å². The summed E-state index contributed by atoms with van der Waals surface area (Å²) in [5.41, 5.74) is 2.41. The molecule has 0 bridgehead atoms. The molecule has 0 saturated carbocycles. The zero-order chi connectivity index (χ0) is 16.4. The van der Waals surface area contributed by atoms with Crippen LogP contribution in [0.25, 0.3) is 0 Å². The quantitative estimate of drug-likeness (QED) is 0.831. The normalized spacial score (nSPS) is 27.6. The summed E-state index contributed by atoms with van der Waals surface area (Å²) < 4.78 is 19.7. The summed E-state index contributed by atoms with van der Waals surface area (Å²) in [4.78, 5) is 2.42. The molecule has 24 heavy (non-hydrogen) atoms. The number of ether oxygens (including phenoxy) is 1. The highest BCUT2D eigenvalue weighted by molar-refractivity contribution is 5.22.